The van der Waals surface area contributed by atoms with Crippen molar-refractivity contribution in [1.29, 1.82) is 0 Å². The number of hydrogen-bond acceptors (Lipinski definition) is 4. The van der Waals surface area contributed by atoms with Crippen molar-refractivity contribution in [3.05, 3.63) is 35.9 Å². The summed E-state index contributed by atoms with van der Waals surface area (Å²) in [6, 6.07) is 9.76. The Balaban J connectivity index is 1.92. The summed E-state index contributed by atoms with van der Waals surface area (Å²) in [7, 11) is -3.20. The van der Waals surface area contributed by atoms with Gasteiger partial charge in [0.2, 0.25) is 10.0 Å². The van der Waals surface area contributed by atoms with E-state index >= 15 is 0 Å². The summed E-state index contributed by atoms with van der Waals surface area (Å²) < 4.78 is 26.6. The Kier molecular flexibility index (Phi) is 6.17. The van der Waals surface area contributed by atoms with Crippen LogP contribution < -0.4 is 5.32 Å². The fraction of sp³-hybridized carbons (Fsp3) is 0.600. The zero-order chi connectivity index (χ0) is 15.1. The summed E-state index contributed by atoms with van der Waals surface area (Å²) in [6.45, 7) is 7.24. The number of nitrogens with zero attached hydrogens (tertiary/aromatic N) is 2. The summed E-state index contributed by atoms with van der Waals surface area (Å²) in [5, 5.41) is 3.28. The highest BCUT2D eigenvalue weighted by Gasteiger charge is 2.22. The zero-order valence-electron chi connectivity index (χ0n) is 12.7. The van der Waals surface area contributed by atoms with Gasteiger partial charge in [0.25, 0.3) is 0 Å². The number of nitrogens with one attached hydrogen (secondary N) is 1. The first-order valence-corrected chi connectivity index (χ1v) is 9.17. The van der Waals surface area contributed by atoms with Crippen LogP contribution in [0.15, 0.2) is 30.3 Å². The van der Waals surface area contributed by atoms with Gasteiger partial charge in [-0.15, -0.1) is 0 Å². The molecule has 6 heteroatoms. The van der Waals surface area contributed by atoms with E-state index in [0.29, 0.717) is 19.6 Å². The predicted octanol–water partition coefficient (Wildman–Crippen LogP) is 0.744. The molecule has 0 aliphatic carbocycles. The normalized spacial score (nSPS) is 17.2. The zero-order valence-corrected chi connectivity index (χ0v) is 13.5. The minimum absolute atomic E-state index is 0.202. The Labute approximate surface area is 128 Å². The second-order valence-corrected chi connectivity index (χ2v) is 7.41. The molecule has 1 saturated heterocycles. The van der Waals surface area contributed by atoms with Crippen molar-refractivity contribution < 1.29 is 8.42 Å². The Bertz CT molecular complexity index is 513. The predicted molar refractivity (Wildman–Crippen MR) is 85.6 cm³/mol. The molecule has 21 heavy (non-hydrogen) atoms. The number of piperazine rings is 1. The van der Waals surface area contributed by atoms with Crippen LogP contribution in [0.3, 0.4) is 0 Å². The van der Waals surface area contributed by atoms with Gasteiger partial charge in [0.05, 0.1) is 5.75 Å². The molecule has 2 rings (SSSR count). The fourth-order valence-electron chi connectivity index (χ4n) is 2.50. The van der Waals surface area contributed by atoms with E-state index in [2.05, 4.69) is 10.2 Å². The van der Waals surface area contributed by atoms with Gasteiger partial charge in [-0.1, -0.05) is 37.3 Å². The number of hydrogen-bond donors (Lipinski definition) is 1. The SMILES string of the molecule is CCN(Cc1ccccc1)S(=O)(=O)CCN1CCNCC1. The van der Waals surface area contributed by atoms with Crippen molar-refractivity contribution >= 4 is 10.0 Å². The average molecular weight is 311 g/mol. The van der Waals surface area contributed by atoms with E-state index < -0.39 is 10.0 Å². The van der Waals surface area contributed by atoms with Gasteiger partial charge >= 0.3 is 0 Å². The molecule has 118 valence electrons. The van der Waals surface area contributed by atoms with E-state index in [4.69, 9.17) is 0 Å². The minimum atomic E-state index is -3.20. The van der Waals surface area contributed by atoms with E-state index in [1.165, 1.54) is 0 Å². The maximum absolute atomic E-state index is 12.5. The number of sulfonamides is 1. The van der Waals surface area contributed by atoms with Crippen LogP contribution in [0.25, 0.3) is 0 Å². The van der Waals surface area contributed by atoms with E-state index in [-0.39, 0.29) is 5.75 Å². The number of benzene rings is 1. The second-order valence-electron chi connectivity index (χ2n) is 5.32. The van der Waals surface area contributed by atoms with Crippen molar-refractivity contribution in [2.75, 3.05) is 45.0 Å². The summed E-state index contributed by atoms with van der Waals surface area (Å²) >= 11 is 0. The van der Waals surface area contributed by atoms with Gasteiger partial charge in [0.1, 0.15) is 0 Å². The highest BCUT2D eigenvalue weighted by Crippen LogP contribution is 2.10. The lowest BCUT2D eigenvalue weighted by Gasteiger charge is -2.28. The van der Waals surface area contributed by atoms with E-state index in [0.717, 1.165) is 31.7 Å². The summed E-state index contributed by atoms with van der Waals surface area (Å²) in [5.74, 6) is 0.202. The largest absolute Gasteiger partial charge is 0.314 e. The van der Waals surface area contributed by atoms with Crippen molar-refractivity contribution in [3.8, 4) is 0 Å². The first-order valence-electron chi connectivity index (χ1n) is 7.56. The molecule has 0 radical (unpaired) electrons. The highest BCUT2D eigenvalue weighted by atomic mass is 32.2. The monoisotopic (exact) mass is 311 g/mol. The first kappa shape index (κ1) is 16.4. The van der Waals surface area contributed by atoms with Crippen molar-refractivity contribution in [2.24, 2.45) is 0 Å². The van der Waals surface area contributed by atoms with Crippen LogP contribution >= 0.6 is 0 Å². The van der Waals surface area contributed by atoms with Gasteiger partial charge in [-0.05, 0) is 5.56 Å². The Morgan fingerprint density at radius 2 is 1.86 bits per heavy atom. The van der Waals surface area contributed by atoms with Crippen molar-refractivity contribution in [1.82, 2.24) is 14.5 Å². The molecule has 0 aromatic heterocycles. The van der Waals surface area contributed by atoms with Crippen LogP contribution in [-0.2, 0) is 16.6 Å². The van der Waals surface area contributed by atoms with Crippen LogP contribution in [0.2, 0.25) is 0 Å². The molecular formula is C15H25N3O2S. The van der Waals surface area contributed by atoms with E-state index in [1.807, 2.05) is 37.3 Å². The maximum atomic E-state index is 12.5. The molecule has 0 atom stereocenters. The van der Waals surface area contributed by atoms with Gasteiger partial charge in [0.15, 0.2) is 0 Å². The highest BCUT2D eigenvalue weighted by molar-refractivity contribution is 7.89. The smallest absolute Gasteiger partial charge is 0.215 e. The molecule has 1 aliphatic heterocycles. The van der Waals surface area contributed by atoms with Gasteiger partial charge in [-0.2, -0.15) is 4.31 Å². The quantitative estimate of drug-likeness (QED) is 0.807. The molecule has 1 fully saturated rings. The lowest BCUT2D eigenvalue weighted by molar-refractivity contribution is 0.252. The third-order valence-electron chi connectivity index (χ3n) is 3.82. The Hall–Kier alpha value is -0.950. The van der Waals surface area contributed by atoms with Crippen LogP contribution in [0.4, 0.5) is 0 Å². The van der Waals surface area contributed by atoms with E-state index in [1.54, 1.807) is 4.31 Å². The molecule has 1 aromatic carbocycles. The van der Waals surface area contributed by atoms with Crippen molar-refractivity contribution in [2.45, 2.75) is 13.5 Å². The Morgan fingerprint density at radius 1 is 1.19 bits per heavy atom. The fourth-order valence-corrected chi connectivity index (χ4v) is 3.99. The van der Waals surface area contributed by atoms with Gasteiger partial charge in [0, 0.05) is 45.8 Å². The lowest BCUT2D eigenvalue weighted by Crippen LogP contribution is -2.46. The van der Waals surface area contributed by atoms with Gasteiger partial charge < -0.3 is 5.32 Å². The average Bonchev–Trinajstić information content (AvgIpc) is 2.52. The van der Waals surface area contributed by atoms with Crippen LogP contribution in [0.5, 0.6) is 0 Å². The molecule has 0 unspecified atom stereocenters. The van der Waals surface area contributed by atoms with Crippen LogP contribution in [0.1, 0.15) is 12.5 Å². The minimum Gasteiger partial charge on any atom is -0.314 e. The summed E-state index contributed by atoms with van der Waals surface area (Å²) in [5.41, 5.74) is 1.03. The summed E-state index contributed by atoms with van der Waals surface area (Å²) in [4.78, 5) is 2.21. The molecule has 1 heterocycles. The molecule has 0 spiro atoms. The molecule has 1 aliphatic rings. The van der Waals surface area contributed by atoms with E-state index in [9.17, 15) is 8.42 Å². The molecule has 5 nitrogen and oxygen atoms in total. The molecule has 1 N–H and O–H groups in total. The van der Waals surface area contributed by atoms with Crippen LogP contribution in [-0.4, -0.2) is 62.6 Å². The Morgan fingerprint density at radius 3 is 2.48 bits per heavy atom. The molecule has 0 saturated carbocycles. The first-order chi connectivity index (χ1) is 10.1. The number of rotatable bonds is 7. The van der Waals surface area contributed by atoms with Gasteiger partial charge in [-0.25, -0.2) is 8.42 Å². The summed E-state index contributed by atoms with van der Waals surface area (Å²) in [6.07, 6.45) is 0. The third-order valence-corrected chi connectivity index (χ3v) is 5.70. The topological polar surface area (TPSA) is 52.7 Å². The maximum Gasteiger partial charge on any atom is 0.215 e. The molecular weight excluding hydrogens is 286 g/mol. The lowest BCUT2D eigenvalue weighted by atomic mass is 10.2. The molecule has 0 bridgehead atoms. The molecule has 1 aromatic rings. The molecule has 0 amide bonds. The third kappa shape index (κ3) is 5.07. The van der Waals surface area contributed by atoms with Crippen LogP contribution in [0, 0.1) is 0 Å². The second kappa shape index (κ2) is 7.89. The van der Waals surface area contributed by atoms with Gasteiger partial charge in [-0.3, -0.25) is 4.90 Å². The van der Waals surface area contributed by atoms with Crippen molar-refractivity contribution in [3.63, 3.8) is 0 Å². The standard InChI is InChI=1S/C15H25N3O2S/c1-2-18(14-15-6-4-3-5-7-15)21(19,20)13-12-17-10-8-16-9-11-17/h3-7,16H,2,8-14H2,1H3.